The van der Waals surface area contributed by atoms with Gasteiger partial charge in [0.15, 0.2) is 0 Å². The van der Waals surface area contributed by atoms with Crippen molar-refractivity contribution in [2.45, 2.75) is 29.6 Å². The van der Waals surface area contributed by atoms with Gasteiger partial charge in [-0.05, 0) is 37.1 Å². The number of carbonyl (C=O) groups is 2. The first-order chi connectivity index (χ1) is 12.9. The molecule has 0 radical (unpaired) electrons. The summed E-state index contributed by atoms with van der Waals surface area (Å²) in [6.07, 6.45) is 3.70. The first-order valence-electron chi connectivity index (χ1n) is 8.86. The summed E-state index contributed by atoms with van der Waals surface area (Å²) in [6.45, 7) is 0.423. The smallest absolute Gasteiger partial charge is 0.269 e. The van der Waals surface area contributed by atoms with E-state index in [-0.39, 0.29) is 34.7 Å². The zero-order valence-corrected chi connectivity index (χ0v) is 15.3. The molecule has 7 nitrogen and oxygen atoms in total. The van der Waals surface area contributed by atoms with Crippen LogP contribution in [0.15, 0.2) is 47.5 Å². The van der Waals surface area contributed by atoms with Gasteiger partial charge >= 0.3 is 0 Å². The third kappa shape index (κ3) is 2.26. The predicted molar refractivity (Wildman–Crippen MR) is 96.8 cm³/mol. The van der Waals surface area contributed by atoms with E-state index < -0.39 is 15.9 Å². The van der Waals surface area contributed by atoms with E-state index in [0.29, 0.717) is 6.54 Å². The highest BCUT2D eigenvalue weighted by Gasteiger charge is 2.54. The zero-order chi connectivity index (χ0) is 18.8. The lowest BCUT2D eigenvalue weighted by atomic mass is 10.1. The summed E-state index contributed by atoms with van der Waals surface area (Å²) in [5.74, 6) is -0.757. The van der Waals surface area contributed by atoms with Gasteiger partial charge in [-0.1, -0.05) is 12.1 Å². The molecule has 138 valence electrons. The fourth-order valence-corrected chi connectivity index (χ4v) is 5.61. The van der Waals surface area contributed by atoms with E-state index in [1.54, 1.807) is 29.3 Å². The van der Waals surface area contributed by atoms with E-state index in [1.165, 1.54) is 12.1 Å². The molecule has 0 N–H and O–H groups in total. The molecular formula is C19H17N3O4S. The van der Waals surface area contributed by atoms with Crippen LogP contribution in [0.3, 0.4) is 0 Å². The van der Waals surface area contributed by atoms with Crippen molar-refractivity contribution < 1.29 is 18.0 Å². The van der Waals surface area contributed by atoms with Gasteiger partial charge in [0.05, 0.1) is 16.9 Å². The van der Waals surface area contributed by atoms with Crippen molar-refractivity contribution in [3.8, 4) is 0 Å². The van der Waals surface area contributed by atoms with Gasteiger partial charge in [0.2, 0.25) is 5.91 Å². The number of rotatable bonds is 3. The number of carbonyl (C=O) groups excluding carboxylic acids is 2. The normalized spacial score (nSPS) is 20.7. The Morgan fingerprint density at radius 2 is 1.93 bits per heavy atom. The third-order valence-electron chi connectivity index (χ3n) is 5.64. The van der Waals surface area contributed by atoms with Gasteiger partial charge in [0, 0.05) is 31.1 Å². The zero-order valence-electron chi connectivity index (χ0n) is 14.5. The summed E-state index contributed by atoms with van der Waals surface area (Å²) in [5.41, 5.74) is 1.89. The van der Waals surface area contributed by atoms with Gasteiger partial charge in [0.25, 0.3) is 15.9 Å². The Kier molecular flexibility index (Phi) is 3.28. The Labute approximate surface area is 156 Å². The van der Waals surface area contributed by atoms with Gasteiger partial charge in [-0.2, -0.15) is 0 Å². The second kappa shape index (κ2) is 5.39. The molecule has 0 bridgehead atoms. The Morgan fingerprint density at radius 1 is 1.15 bits per heavy atom. The quantitative estimate of drug-likeness (QED) is 0.805. The number of sulfonamides is 1. The predicted octanol–water partition coefficient (Wildman–Crippen LogP) is 1.69. The summed E-state index contributed by atoms with van der Waals surface area (Å²) < 4.78 is 26.0. The Bertz CT molecular complexity index is 1090. The summed E-state index contributed by atoms with van der Waals surface area (Å²) in [5, 5.41) is 0. The molecule has 2 aromatic rings. The van der Waals surface area contributed by atoms with E-state index in [1.807, 2.05) is 6.07 Å². The molecule has 3 aliphatic rings. The molecule has 0 atom stereocenters. The van der Waals surface area contributed by atoms with Crippen LogP contribution in [0.1, 0.15) is 35.3 Å². The van der Waals surface area contributed by atoms with E-state index >= 15 is 0 Å². The van der Waals surface area contributed by atoms with Crippen LogP contribution in [0, 0.1) is 0 Å². The first-order valence-corrected chi connectivity index (χ1v) is 10.3. The molecule has 1 aliphatic carbocycles. The number of hydrogen-bond donors (Lipinski definition) is 0. The van der Waals surface area contributed by atoms with Crippen LogP contribution in [0.25, 0.3) is 0 Å². The molecule has 1 aromatic carbocycles. The summed E-state index contributed by atoms with van der Waals surface area (Å²) >= 11 is 0. The minimum Gasteiger partial charge on any atom is -0.310 e. The number of anilines is 1. The molecule has 2 amide bonds. The van der Waals surface area contributed by atoms with Crippen molar-refractivity contribution in [3.05, 3.63) is 53.9 Å². The lowest BCUT2D eigenvalue weighted by Gasteiger charge is -2.20. The Balaban J connectivity index is 1.36. The fraction of sp³-hybridized carbons (Fsp3) is 0.316. The molecule has 1 spiro atoms. The van der Waals surface area contributed by atoms with Crippen LogP contribution in [0.4, 0.5) is 5.69 Å². The molecule has 1 aromatic heterocycles. The van der Waals surface area contributed by atoms with Crippen molar-refractivity contribution in [1.29, 1.82) is 0 Å². The average molecular weight is 383 g/mol. The van der Waals surface area contributed by atoms with Gasteiger partial charge in [-0.25, -0.2) is 12.7 Å². The largest absolute Gasteiger partial charge is 0.310 e. The molecule has 1 fully saturated rings. The number of nitrogens with zero attached hydrogens (tertiary/aromatic N) is 3. The van der Waals surface area contributed by atoms with Crippen molar-refractivity contribution in [2.75, 3.05) is 18.0 Å². The second-order valence-corrected chi connectivity index (χ2v) is 9.09. The number of fused-ring (bicyclic) bond motifs is 3. The molecule has 5 rings (SSSR count). The van der Waals surface area contributed by atoms with Crippen LogP contribution in [-0.2, 0) is 20.2 Å². The highest BCUT2D eigenvalue weighted by atomic mass is 32.2. The Morgan fingerprint density at radius 3 is 2.67 bits per heavy atom. The van der Waals surface area contributed by atoms with E-state index in [0.717, 1.165) is 28.5 Å². The molecular weight excluding hydrogens is 366 g/mol. The van der Waals surface area contributed by atoms with Crippen LogP contribution in [0.2, 0.25) is 0 Å². The number of amides is 2. The minimum absolute atomic E-state index is 0.00935. The summed E-state index contributed by atoms with van der Waals surface area (Å²) in [6, 6.07) is 9.80. The SMILES string of the molecule is O=C(CCN1C(=O)c2ccccc2S1(=O)=O)N1CC2(CC2)c2ncccc21. The van der Waals surface area contributed by atoms with Crippen molar-refractivity contribution >= 4 is 27.5 Å². The topological polar surface area (TPSA) is 87.7 Å². The van der Waals surface area contributed by atoms with Gasteiger partial charge < -0.3 is 4.90 Å². The summed E-state index contributed by atoms with van der Waals surface area (Å²) in [7, 11) is -3.89. The number of hydrogen-bond acceptors (Lipinski definition) is 5. The number of benzene rings is 1. The first kappa shape index (κ1) is 16.4. The number of aromatic nitrogens is 1. The lowest BCUT2D eigenvalue weighted by Crippen LogP contribution is -2.37. The second-order valence-electron chi connectivity index (χ2n) is 7.26. The molecule has 2 aliphatic heterocycles. The highest BCUT2D eigenvalue weighted by Crippen LogP contribution is 2.55. The molecule has 1 saturated carbocycles. The molecule has 0 unspecified atom stereocenters. The van der Waals surface area contributed by atoms with Crippen molar-refractivity contribution in [1.82, 2.24) is 9.29 Å². The standard InChI is InChI=1S/C19H17N3O4S/c23-16(21-12-19(8-9-19)17-14(21)5-3-10-20-17)7-11-22-18(24)13-4-1-2-6-15(13)27(22,25)26/h1-6,10H,7-9,11-12H2. The molecule has 8 heteroatoms. The molecule has 3 heterocycles. The van der Waals surface area contributed by atoms with Crippen LogP contribution in [-0.4, -0.2) is 42.6 Å². The van der Waals surface area contributed by atoms with Gasteiger partial charge in [-0.15, -0.1) is 0 Å². The molecule has 0 saturated heterocycles. The fourth-order valence-electron chi connectivity index (χ4n) is 4.04. The summed E-state index contributed by atoms with van der Waals surface area (Å²) in [4.78, 5) is 31.5. The minimum atomic E-state index is -3.89. The van der Waals surface area contributed by atoms with Crippen LogP contribution in [0.5, 0.6) is 0 Å². The van der Waals surface area contributed by atoms with E-state index in [9.17, 15) is 18.0 Å². The lowest BCUT2D eigenvalue weighted by molar-refractivity contribution is -0.118. The third-order valence-corrected chi connectivity index (χ3v) is 7.48. The monoisotopic (exact) mass is 383 g/mol. The molecule has 27 heavy (non-hydrogen) atoms. The highest BCUT2D eigenvalue weighted by molar-refractivity contribution is 7.90. The maximum absolute atomic E-state index is 12.8. The van der Waals surface area contributed by atoms with Gasteiger partial charge in [-0.3, -0.25) is 14.6 Å². The number of pyridine rings is 1. The van der Waals surface area contributed by atoms with Gasteiger partial charge in [0.1, 0.15) is 4.90 Å². The van der Waals surface area contributed by atoms with E-state index in [4.69, 9.17) is 0 Å². The van der Waals surface area contributed by atoms with Crippen LogP contribution >= 0.6 is 0 Å². The Hall–Kier alpha value is -2.74. The van der Waals surface area contributed by atoms with Crippen LogP contribution < -0.4 is 4.90 Å². The van der Waals surface area contributed by atoms with Crippen molar-refractivity contribution in [3.63, 3.8) is 0 Å². The maximum atomic E-state index is 12.8. The van der Waals surface area contributed by atoms with E-state index in [2.05, 4.69) is 4.98 Å². The average Bonchev–Trinajstić information content (AvgIpc) is 3.34. The maximum Gasteiger partial charge on any atom is 0.269 e. The van der Waals surface area contributed by atoms with Crippen molar-refractivity contribution in [2.24, 2.45) is 0 Å².